The zero-order valence-electron chi connectivity index (χ0n) is 10.7. The molecule has 0 unspecified atom stereocenters. The molecular weight excluding hydrogens is 242 g/mol. The average molecular weight is 259 g/mol. The van der Waals surface area contributed by atoms with E-state index >= 15 is 0 Å². The van der Waals surface area contributed by atoms with Crippen LogP contribution in [0.2, 0.25) is 0 Å². The molecule has 0 aliphatic heterocycles. The van der Waals surface area contributed by atoms with Gasteiger partial charge in [0.1, 0.15) is 0 Å². The van der Waals surface area contributed by atoms with Crippen LogP contribution >= 0.6 is 11.8 Å². The van der Waals surface area contributed by atoms with Crippen LogP contribution in [-0.4, -0.2) is 9.97 Å². The molecule has 0 spiro atoms. The van der Waals surface area contributed by atoms with Gasteiger partial charge in [-0.3, -0.25) is 0 Å². The van der Waals surface area contributed by atoms with E-state index in [1.54, 1.807) is 11.8 Å². The van der Waals surface area contributed by atoms with Gasteiger partial charge in [0, 0.05) is 23.7 Å². The van der Waals surface area contributed by atoms with Crippen molar-refractivity contribution in [2.24, 2.45) is 5.73 Å². The van der Waals surface area contributed by atoms with Gasteiger partial charge in [-0.15, -0.1) is 0 Å². The third-order valence-corrected chi connectivity index (χ3v) is 3.55. The van der Waals surface area contributed by atoms with E-state index in [2.05, 4.69) is 22.1 Å². The SMILES string of the molecule is Cc1cc(C)nc(SCc2ccccc2CN)n1. The summed E-state index contributed by atoms with van der Waals surface area (Å²) in [6.45, 7) is 4.56. The minimum absolute atomic E-state index is 0.574. The van der Waals surface area contributed by atoms with Gasteiger partial charge in [-0.25, -0.2) is 9.97 Å². The molecule has 0 saturated heterocycles. The lowest BCUT2D eigenvalue weighted by atomic mass is 10.1. The van der Waals surface area contributed by atoms with Crippen LogP contribution in [0.3, 0.4) is 0 Å². The predicted molar refractivity (Wildman–Crippen MR) is 75.4 cm³/mol. The van der Waals surface area contributed by atoms with Crippen LogP contribution < -0.4 is 5.73 Å². The van der Waals surface area contributed by atoms with Crippen LogP contribution in [-0.2, 0) is 12.3 Å². The van der Waals surface area contributed by atoms with Gasteiger partial charge in [-0.1, -0.05) is 36.0 Å². The highest BCUT2D eigenvalue weighted by Crippen LogP contribution is 2.21. The molecule has 1 heterocycles. The summed E-state index contributed by atoms with van der Waals surface area (Å²) >= 11 is 1.65. The third-order valence-electron chi connectivity index (χ3n) is 2.66. The lowest BCUT2D eigenvalue weighted by molar-refractivity contribution is 0.901. The van der Waals surface area contributed by atoms with Crippen molar-refractivity contribution in [3.05, 3.63) is 52.8 Å². The highest BCUT2D eigenvalue weighted by atomic mass is 32.2. The standard InChI is InChI=1S/C14H17N3S/c1-10-7-11(2)17-14(16-10)18-9-13-6-4-3-5-12(13)8-15/h3-7H,8-9,15H2,1-2H3. The number of hydrogen-bond acceptors (Lipinski definition) is 4. The monoisotopic (exact) mass is 259 g/mol. The Morgan fingerprint density at radius 3 is 2.28 bits per heavy atom. The van der Waals surface area contributed by atoms with Crippen LogP contribution in [0.1, 0.15) is 22.5 Å². The fourth-order valence-corrected chi connectivity index (χ4v) is 2.78. The molecule has 2 aromatic rings. The van der Waals surface area contributed by atoms with E-state index < -0.39 is 0 Å². The summed E-state index contributed by atoms with van der Waals surface area (Å²) in [6, 6.07) is 10.2. The van der Waals surface area contributed by atoms with Crippen molar-refractivity contribution < 1.29 is 0 Å². The number of nitrogens with zero attached hydrogens (tertiary/aromatic N) is 2. The van der Waals surface area contributed by atoms with Gasteiger partial charge in [0.25, 0.3) is 0 Å². The van der Waals surface area contributed by atoms with Gasteiger partial charge < -0.3 is 5.73 Å². The van der Waals surface area contributed by atoms with Crippen LogP contribution in [0.15, 0.2) is 35.5 Å². The maximum absolute atomic E-state index is 5.73. The lowest BCUT2D eigenvalue weighted by Gasteiger charge is -2.07. The number of nitrogens with two attached hydrogens (primary N) is 1. The summed E-state index contributed by atoms with van der Waals surface area (Å²) in [5.74, 6) is 0.857. The zero-order chi connectivity index (χ0) is 13.0. The van der Waals surface area contributed by atoms with Gasteiger partial charge in [0.2, 0.25) is 0 Å². The summed E-state index contributed by atoms with van der Waals surface area (Å²) in [7, 11) is 0. The summed E-state index contributed by atoms with van der Waals surface area (Å²) in [5.41, 5.74) is 10.2. The highest BCUT2D eigenvalue weighted by molar-refractivity contribution is 7.98. The molecule has 1 aromatic heterocycles. The van der Waals surface area contributed by atoms with E-state index in [0.717, 1.165) is 22.3 Å². The fraction of sp³-hybridized carbons (Fsp3) is 0.286. The van der Waals surface area contributed by atoms with E-state index in [1.807, 2.05) is 32.0 Å². The largest absolute Gasteiger partial charge is 0.326 e. The second kappa shape index (κ2) is 5.98. The van der Waals surface area contributed by atoms with Crippen molar-refractivity contribution in [1.82, 2.24) is 9.97 Å². The van der Waals surface area contributed by atoms with Crippen molar-refractivity contribution in [2.75, 3.05) is 0 Å². The Labute approximate surface area is 112 Å². The summed E-state index contributed by atoms with van der Waals surface area (Å²) in [6.07, 6.45) is 0. The number of benzene rings is 1. The number of aryl methyl sites for hydroxylation is 2. The Hall–Kier alpha value is -1.39. The quantitative estimate of drug-likeness (QED) is 0.677. The van der Waals surface area contributed by atoms with Crippen LogP contribution in [0.5, 0.6) is 0 Å². The topological polar surface area (TPSA) is 51.8 Å². The van der Waals surface area contributed by atoms with Crippen LogP contribution in [0.4, 0.5) is 0 Å². The van der Waals surface area contributed by atoms with Crippen molar-refractivity contribution in [3.8, 4) is 0 Å². The Morgan fingerprint density at radius 2 is 1.67 bits per heavy atom. The molecule has 1 aromatic carbocycles. The van der Waals surface area contributed by atoms with E-state index in [4.69, 9.17) is 5.73 Å². The van der Waals surface area contributed by atoms with Gasteiger partial charge in [-0.2, -0.15) is 0 Å². The second-order valence-electron chi connectivity index (χ2n) is 4.19. The first kappa shape index (κ1) is 13.1. The first-order valence-electron chi connectivity index (χ1n) is 5.91. The highest BCUT2D eigenvalue weighted by Gasteiger charge is 2.04. The maximum atomic E-state index is 5.73. The maximum Gasteiger partial charge on any atom is 0.188 e. The molecule has 4 heteroatoms. The molecular formula is C14H17N3S. The number of aromatic nitrogens is 2. The molecule has 0 amide bonds. The van der Waals surface area contributed by atoms with Gasteiger partial charge in [0.15, 0.2) is 5.16 Å². The normalized spacial score (nSPS) is 10.6. The van der Waals surface area contributed by atoms with Gasteiger partial charge in [0.05, 0.1) is 0 Å². The van der Waals surface area contributed by atoms with E-state index in [0.29, 0.717) is 6.54 Å². The number of thioether (sulfide) groups is 1. The fourth-order valence-electron chi connectivity index (χ4n) is 1.80. The van der Waals surface area contributed by atoms with Gasteiger partial charge >= 0.3 is 0 Å². The molecule has 0 atom stereocenters. The Morgan fingerprint density at radius 1 is 1.06 bits per heavy atom. The summed E-state index contributed by atoms with van der Waals surface area (Å²) in [4.78, 5) is 8.85. The summed E-state index contributed by atoms with van der Waals surface area (Å²) in [5, 5.41) is 0.833. The zero-order valence-corrected chi connectivity index (χ0v) is 11.5. The van der Waals surface area contributed by atoms with Crippen molar-refractivity contribution in [1.29, 1.82) is 0 Å². The number of rotatable bonds is 4. The molecule has 0 aliphatic carbocycles. The molecule has 18 heavy (non-hydrogen) atoms. The first-order chi connectivity index (χ1) is 8.69. The van der Waals surface area contributed by atoms with E-state index in [1.165, 1.54) is 11.1 Å². The van der Waals surface area contributed by atoms with E-state index in [9.17, 15) is 0 Å². The van der Waals surface area contributed by atoms with Crippen LogP contribution in [0, 0.1) is 13.8 Å². The van der Waals surface area contributed by atoms with E-state index in [-0.39, 0.29) is 0 Å². The molecule has 0 fully saturated rings. The first-order valence-corrected chi connectivity index (χ1v) is 6.89. The minimum Gasteiger partial charge on any atom is -0.326 e. The van der Waals surface area contributed by atoms with Crippen molar-refractivity contribution in [3.63, 3.8) is 0 Å². The molecule has 0 bridgehead atoms. The Bertz CT molecular complexity index is 520. The predicted octanol–water partition coefficient (Wildman–Crippen LogP) is 2.84. The van der Waals surface area contributed by atoms with Crippen molar-refractivity contribution in [2.45, 2.75) is 31.3 Å². The minimum atomic E-state index is 0.574. The second-order valence-corrected chi connectivity index (χ2v) is 5.14. The van der Waals surface area contributed by atoms with Crippen molar-refractivity contribution >= 4 is 11.8 Å². The van der Waals surface area contributed by atoms with Gasteiger partial charge in [-0.05, 0) is 31.0 Å². The molecule has 2 rings (SSSR count). The third kappa shape index (κ3) is 3.31. The summed E-state index contributed by atoms with van der Waals surface area (Å²) < 4.78 is 0. The van der Waals surface area contributed by atoms with Crippen LogP contribution in [0.25, 0.3) is 0 Å². The average Bonchev–Trinajstić information content (AvgIpc) is 2.35. The lowest BCUT2D eigenvalue weighted by Crippen LogP contribution is -2.00. The molecule has 94 valence electrons. The Balaban J connectivity index is 2.11. The smallest absolute Gasteiger partial charge is 0.188 e. The number of hydrogen-bond donors (Lipinski definition) is 1. The molecule has 0 saturated carbocycles. The molecule has 0 aliphatic rings. The molecule has 2 N–H and O–H groups in total. The Kier molecular flexibility index (Phi) is 4.33. The molecule has 0 radical (unpaired) electrons. The molecule has 3 nitrogen and oxygen atoms in total.